The van der Waals surface area contributed by atoms with Crippen molar-refractivity contribution in [1.29, 1.82) is 0 Å². The third kappa shape index (κ3) is 5.09. The minimum absolute atomic E-state index is 0.115. The highest BCUT2D eigenvalue weighted by atomic mass is 19.4. The molecule has 0 atom stereocenters. The van der Waals surface area contributed by atoms with Gasteiger partial charge in [-0.1, -0.05) is 12.1 Å². The summed E-state index contributed by atoms with van der Waals surface area (Å²) in [5.41, 5.74) is 4.87. The normalized spacial score (nSPS) is 10.9. The van der Waals surface area contributed by atoms with E-state index in [-0.39, 0.29) is 28.3 Å². The van der Waals surface area contributed by atoms with Crippen molar-refractivity contribution in [1.82, 2.24) is 0 Å². The Morgan fingerprint density at radius 1 is 0.824 bits per heavy atom. The maximum atomic E-state index is 13.1. The van der Waals surface area contributed by atoms with E-state index in [1.807, 2.05) is 0 Å². The summed E-state index contributed by atoms with van der Waals surface area (Å²) in [4.78, 5) is 37.5. The van der Waals surface area contributed by atoms with E-state index in [1.165, 1.54) is 61.7 Å². The van der Waals surface area contributed by atoms with Gasteiger partial charge in [0.2, 0.25) is 0 Å². The molecule has 0 bridgehead atoms. The number of carboxylic acid groups (broad SMARTS) is 1. The Morgan fingerprint density at radius 2 is 1.35 bits per heavy atom. The van der Waals surface area contributed by atoms with E-state index in [1.54, 1.807) is 0 Å². The maximum absolute atomic E-state index is 13.1. The first kappa shape index (κ1) is 24.1. The summed E-state index contributed by atoms with van der Waals surface area (Å²) in [6.07, 6.45) is -5.98. The Labute approximate surface area is 191 Å². The molecular weight excluding hydrogens is 455 g/mol. The first-order chi connectivity index (χ1) is 16.0. The van der Waals surface area contributed by atoms with Gasteiger partial charge in [-0.15, -0.1) is 0 Å². The Hall–Kier alpha value is -4.54. The van der Waals surface area contributed by atoms with Crippen molar-refractivity contribution < 1.29 is 37.4 Å². The highest BCUT2D eigenvalue weighted by Crippen LogP contribution is 2.35. The van der Waals surface area contributed by atoms with Crippen LogP contribution in [0.2, 0.25) is 0 Å². The largest absolute Gasteiger partial charge is 0.465 e. The highest BCUT2D eigenvalue weighted by Gasteiger charge is 2.31. The second kappa shape index (κ2) is 9.53. The number of primary amides is 1. The zero-order chi connectivity index (χ0) is 25.0. The summed E-state index contributed by atoms with van der Waals surface area (Å²) in [6, 6.07) is 14.1. The number of ether oxygens (including phenoxy) is 1. The average molecular weight is 473 g/mol. The van der Waals surface area contributed by atoms with Crippen LogP contribution in [0.15, 0.2) is 72.8 Å². The molecule has 0 aliphatic rings. The number of hydrogen-bond acceptors (Lipinski definition) is 4. The van der Waals surface area contributed by atoms with Gasteiger partial charge in [0.1, 0.15) is 0 Å². The first-order valence-corrected chi connectivity index (χ1v) is 9.61. The molecule has 0 heterocycles. The third-order valence-corrected chi connectivity index (χ3v) is 4.73. The number of nitrogens with zero attached hydrogens (tertiary/aromatic N) is 2. The van der Waals surface area contributed by atoms with Crippen LogP contribution in [0.1, 0.15) is 15.9 Å². The molecule has 0 radical (unpaired) electrons. The monoisotopic (exact) mass is 473 g/mol. The van der Waals surface area contributed by atoms with Gasteiger partial charge < -0.3 is 15.6 Å². The van der Waals surface area contributed by atoms with Crippen LogP contribution in [0.5, 0.6) is 0 Å². The van der Waals surface area contributed by atoms with E-state index < -0.39 is 29.8 Å². The van der Waals surface area contributed by atoms with Crippen LogP contribution >= 0.6 is 0 Å². The molecule has 3 rings (SSSR count). The lowest BCUT2D eigenvalue weighted by atomic mass is 10.1. The second-order valence-corrected chi connectivity index (χ2v) is 6.90. The fourth-order valence-electron chi connectivity index (χ4n) is 3.24. The van der Waals surface area contributed by atoms with E-state index in [9.17, 15) is 32.7 Å². The number of anilines is 4. The molecule has 0 aromatic heterocycles. The number of alkyl halides is 3. The Morgan fingerprint density at radius 3 is 1.85 bits per heavy atom. The van der Waals surface area contributed by atoms with Crippen molar-refractivity contribution in [2.45, 2.75) is 6.18 Å². The second-order valence-electron chi connectivity index (χ2n) is 6.90. The van der Waals surface area contributed by atoms with Crippen molar-refractivity contribution >= 4 is 40.8 Å². The van der Waals surface area contributed by atoms with Gasteiger partial charge in [-0.2, -0.15) is 13.2 Å². The third-order valence-electron chi connectivity index (χ3n) is 4.73. The molecule has 3 aromatic carbocycles. The quantitative estimate of drug-likeness (QED) is 0.474. The van der Waals surface area contributed by atoms with E-state index >= 15 is 0 Å². The van der Waals surface area contributed by atoms with Gasteiger partial charge >= 0.3 is 24.3 Å². The summed E-state index contributed by atoms with van der Waals surface area (Å²) < 4.78 is 43.9. The molecule has 176 valence electrons. The smallest absolute Gasteiger partial charge is 0.416 e. The van der Waals surface area contributed by atoms with E-state index in [0.29, 0.717) is 0 Å². The summed E-state index contributed by atoms with van der Waals surface area (Å²) in [5, 5.41) is 9.74. The number of amides is 3. The molecule has 0 saturated carbocycles. The van der Waals surface area contributed by atoms with Crippen LogP contribution in [-0.2, 0) is 10.9 Å². The van der Waals surface area contributed by atoms with E-state index in [0.717, 1.165) is 28.0 Å². The molecule has 0 saturated heterocycles. The summed E-state index contributed by atoms with van der Waals surface area (Å²) in [5.74, 6) is -0.652. The molecule has 3 aromatic rings. The lowest BCUT2D eigenvalue weighted by molar-refractivity contribution is -0.137. The van der Waals surface area contributed by atoms with Crippen molar-refractivity contribution in [3.63, 3.8) is 0 Å². The molecular formula is C23H18F3N3O5. The van der Waals surface area contributed by atoms with Crippen molar-refractivity contribution in [2.24, 2.45) is 5.73 Å². The number of halogens is 3. The highest BCUT2D eigenvalue weighted by molar-refractivity contribution is 6.00. The zero-order valence-electron chi connectivity index (χ0n) is 17.6. The molecule has 0 spiro atoms. The number of urea groups is 1. The number of esters is 1. The Balaban J connectivity index is 1.99. The number of hydrogen-bond donors (Lipinski definition) is 2. The van der Waals surface area contributed by atoms with Crippen molar-refractivity contribution in [3.05, 3.63) is 83.9 Å². The summed E-state index contributed by atoms with van der Waals surface area (Å²) >= 11 is 0. The van der Waals surface area contributed by atoms with Crippen molar-refractivity contribution in [2.75, 3.05) is 16.9 Å². The fraction of sp³-hybridized carbons (Fsp3) is 0.0870. The van der Waals surface area contributed by atoms with E-state index in [2.05, 4.69) is 4.74 Å². The molecule has 34 heavy (non-hydrogen) atoms. The van der Waals surface area contributed by atoms with Gasteiger partial charge in [0.15, 0.2) is 0 Å². The fourth-order valence-corrected chi connectivity index (χ4v) is 3.24. The molecule has 0 fully saturated rings. The maximum Gasteiger partial charge on any atom is 0.416 e. The number of nitrogens with two attached hydrogens (primary N) is 1. The van der Waals surface area contributed by atoms with Gasteiger partial charge in [0.25, 0.3) is 0 Å². The van der Waals surface area contributed by atoms with Gasteiger partial charge in [0, 0.05) is 0 Å². The first-order valence-electron chi connectivity index (χ1n) is 9.61. The van der Waals surface area contributed by atoms with Crippen LogP contribution < -0.4 is 15.5 Å². The predicted octanol–water partition coefficient (Wildman–Crippen LogP) is 5.52. The van der Waals surface area contributed by atoms with Gasteiger partial charge in [0.05, 0.1) is 41.0 Å². The van der Waals surface area contributed by atoms with Crippen LogP contribution in [0.25, 0.3) is 0 Å². The number of rotatable bonds is 5. The number of benzene rings is 3. The molecule has 11 heteroatoms. The van der Waals surface area contributed by atoms with Crippen LogP contribution in [0.3, 0.4) is 0 Å². The van der Waals surface area contributed by atoms with Gasteiger partial charge in [-0.25, -0.2) is 19.3 Å². The van der Waals surface area contributed by atoms with Gasteiger partial charge in [-0.3, -0.25) is 4.90 Å². The minimum atomic E-state index is -4.62. The topological polar surface area (TPSA) is 113 Å². The molecule has 3 amide bonds. The predicted molar refractivity (Wildman–Crippen MR) is 118 cm³/mol. The molecule has 8 nitrogen and oxygen atoms in total. The van der Waals surface area contributed by atoms with E-state index in [4.69, 9.17) is 5.73 Å². The molecule has 0 aliphatic heterocycles. The number of carbonyl (C=O) groups is 3. The zero-order valence-corrected chi connectivity index (χ0v) is 17.6. The van der Waals surface area contributed by atoms with Gasteiger partial charge in [-0.05, 0) is 60.7 Å². The standard InChI is InChI=1S/C23H18F3N3O5/c1-34-20(30)14-4-2-6-18(12-14)29(22(32)33)17-10-8-16(9-11-17)28(21(27)31)19-7-3-5-15(13-19)23(24,25)26/h2-13H,1H3,(H2,27,31)(H,32,33). The van der Waals surface area contributed by atoms with Crippen LogP contribution in [0.4, 0.5) is 45.5 Å². The Kier molecular flexibility index (Phi) is 6.76. The van der Waals surface area contributed by atoms with Crippen LogP contribution in [0, 0.1) is 0 Å². The lowest BCUT2D eigenvalue weighted by Gasteiger charge is -2.24. The average Bonchev–Trinajstić information content (AvgIpc) is 2.79. The lowest BCUT2D eigenvalue weighted by Crippen LogP contribution is -2.31. The Bertz CT molecular complexity index is 1230. The van der Waals surface area contributed by atoms with Crippen molar-refractivity contribution in [3.8, 4) is 0 Å². The van der Waals surface area contributed by atoms with Crippen LogP contribution in [-0.4, -0.2) is 30.3 Å². The molecule has 3 N–H and O–H groups in total. The minimum Gasteiger partial charge on any atom is -0.465 e. The number of methoxy groups -OCH3 is 1. The molecule has 0 aliphatic carbocycles. The number of carbonyl (C=O) groups excluding carboxylic acids is 2. The SMILES string of the molecule is COC(=O)c1cccc(N(C(=O)O)c2ccc(N(C(N)=O)c3cccc(C(F)(F)F)c3)cc2)c1. The summed E-state index contributed by atoms with van der Waals surface area (Å²) in [7, 11) is 1.19. The molecule has 0 unspecified atom stereocenters. The summed E-state index contributed by atoms with van der Waals surface area (Å²) in [6.45, 7) is 0.